The lowest BCUT2D eigenvalue weighted by Crippen LogP contribution is -2.29. The summed E-state index contributed by atoms with van der Waals surface area (Å²) in [5, 5.41) is 0. The van der Waals surface area contributed by atoms with Crippen molar-refractivity contribution >= 4 is 5.69 Å². The van der Waals surface area contributed by atoms with Crippen molar-refractivity contribution < 1.29 is 9.13 Å². The van der Waals surface area contributed by atoms with Crippen LogP contribution in [0.15, 0.2) is 18.2 Å². The number of nitrogens with zero attached hydrogens (tertiary/aromatic N) is 1. The first-order valence-electron chi connectivity index (χ1n) is 7.08. The molecule has 1 aromatic carbocycles. The highest BCUT2D eigenvalue weighted by atomic mass is 19.1. The number of para-hydroxylation sites is 1. The van der Waals surface area contributed by atoms with Gasteiger partial charge in [-0.05, 0) is 30.9 Å². The maximum atomic E-state index is 14.2. The predicted molar refractivity (Wildman–Crippen MR) is 76.0 cm³/mol. The first kappa shape index (κ1) is 14.3. The average molecular weight is 266 g/mol. The lowest BCUT2D eigenvalue weighted by atomic mass is 10.0. The average Bonchev–Trinajstić information content (AvgIpc) is 2.67. The number of ether oxygens (including phenoxy) is 1. The molecule has 1 aliphatic heterocycles. The third kappa shape index (κ3) is 3.67. The fraction of sp³-hybridized carbons (Fsp3) is 0.600. The van der Waals surface area contributed by atoms with Crippen molar-refractivity contribution in [2.75, 3.05) is 31.2 Å². The second-order valence-corrected chi connectivity index (χ2v) is 5.07. The van der Waals surface area contributed by atoms with Gasteiger partial charge in [0.15, 0.2) is 0 Å². The molecule has 1 saturated heterocycles. The molecule has 19 heavy (non-hydrogen) atoms. The summed E-state index contributed by atoms with van der Waals surface area (Å²) in [5.74, 6) is -0.150. The van der Waals surface area contributed by atoms with Crippen molar-refractivity contribution in [1.82, 2.24) is 0 Å². The van der Waals surface area contributed by atoms with E-state index in [0.717, 1.165) is 50.2 Å². The smallest absolute Gasteiger partial charge is 0.146 e. The molecule has 3 nitrogen and oxygen atoms in total. The van der Waals surface area contributed by atoms with Crippen LogP contribution in [0.25, 0.3) is 0 Å². The highest BCUT2D eigenvalue weighted by Gasteiger charge is 2.18. The van der Waals surface area contributed by atoms with Gasteiger partial charge in [0.1, 0.15) is 5.82 Å². The number of hydrogen-bond donors (Lipinski definition) is 1. The molecule has 1 heterocycles. The minimum Gasteiger partial charge on any atom is -0.380 e. The second-order valence-electron chi connectivity index (χ2n) is 5.07. The summed E-state index contributed by atoms with van der Waals surface area (Å²) in [6, 6.07) is 5.37. The van der Waals surface area contributed by atoms with Gasteiger partial charge in [-0.25, -0.2) is 4.39 Å². The Kier molecular flexibility index (Phi) is 5.16. The van der Waals surface area contributed by atoms with Gasteiger partial charge in [0.25, 0.3) is 0 Å². The monoisotopic (exact) mass is 266 g/mol. The van der Waals surface area contributed by atoms with E-state index in [2.05, 4.69) is 11.8 Å². The van der Waals surface area contributed by atoms with Gasteiger partial charge >= 0.3 is 0 Å². The maximum Gasteiger partial charge on any atom is 0.146 e. The van der Waals surface area contributed by atoms with Crippen LogP contribution in [0.1, 0.15) is 25.3 Å². The van der Waals surface area contributed by atoms with E-state index < -0.39 is 0 Å². The SMILES string of the molecule is CCC(N)Cc1cccc(F)c1N1CCCOCC1. The first-order chi connectivity index (χ1) is 9.22. The standard InChI is InChI=1S/C15H23FN2O/c1-2-13(17)11-12-5-3-6-14(16)15(12)18-7-4-9-19-10-8-18/h3,5-6,13H,2,4,7-11,17H2,1H3. The molecule has 0 amide bonds. The summed E-state index contributed by atoms with van der Waals surface area (Å²) in [7, 11) is 0. The highest BCUT2D eigenvalue weighted by Crippen LogP contribution is 2.26. The molecule has 4 heteroatoms. The van der Waals surface area contributed by atoms with Crippen molar-refractivity contribution in [3.05, 3.63) is 29.6 Å². The number of anilines is 1. The Balaban J connectivity index is 2.25. The fourth-order valence-corrected chi connectivity index (χ4v) is 2.48. The Morgan fingerprint density at radius 3 is 3.00 bits per heavy atom. The molecule has 0 spiro atoms. The number of benzene rings is 1. The van der Waals surface area contributed by atoms with Crippen molar-refractivity contribution in [3.8, 4) is 0 Å². The quantitative estimate of drug-likeness (QED) is 0.909. The fourth-order valence-electron chi connectivity index (χ4n) is 2.48. The molecule has 1 fully saturated rings. The molecular formula is C15H23FN2O. The van der Waals surface area contributed by atoms with E-state index in [-0.39, 0.29) is 11.9 Å². The van der Waals surface area contributed by atoms with Crippen molar-refractivity contribution in [3.63, 3.8) is 0 Å². The number of nitrogens with two attached hydrogens (primary N) is 1. The molecule has 0 bridgehead atoms. The van der Waals surface area contributed by atoms with Crippen LogP contribution in [0.4, 0.5) is 10.1 Å². The van der Waals surface area contributed by atoms with Gasteiger partial charge in [-0.2, -0.15) is 0 Å². The molecule has 106 valence electrons. The van der Waals surface area contributed by atoms with Gasteiger partial charge in [-0.15, -0.1) is 0 Å². The van der Waals surface area contributed by atoms with E-state index in [1.54, 1.807) is 6.07 Å². The van der Waals surface area contributed by atoms with Crippen molar-refractivity contribution in [2.24, 2.45) is 5.73 Å². The van der Waals surface area contributed by atoms with Crippen LogP contribution >= 0.6 is 0 Å². The van der Waals surface area contributed by atoms with Crippen LogP contribution in [0, 0.1) is 5.82 Å². The third-order valence-electron chi connectivity index (χ3n) is 3.62. The van der Waals surface area contributed by atoms with Gasteiger partial charge in [0.2, 0.25) is 0 Å². The van der Waals surface area contributed by atoms with E-state index in [4.69, 9.17) is 10.5 Å². The van der Waals surface area contributed by atoms with Crippen molar-refractivity contribution in [1.29, 1.82) is 0 Å². The molecule has 0 radical (unpaired) electrons. The van der Waals surface area contributed by atoms with E-state index in [0.29, 0.717) is 6.61 Å². The topological polar surface area (TPSA) is 38.5 Å². The van der Waals surface area contributed by atoms with E-state index >= 15 is 0 Å². The van der Waals surface area contributed by atoms with Crippen LogP contribution in [0.2, 0.25) is 0 Å². The van der Waals surface area contributed by atoms with Gasteiger partial charge in [0.05, 0.1) is 12.3 Å². The predicted octanol–water partition coefficient (Wildman–Crippen LogP) is 2.33. The van der Waals surface area contributed by atoms with Gasteiger partial charge in [-0.1, -0.05) is 19.1 Å². The minimum atomic E-state index is -0.150. The zero-order chi connectivity index (χ0) is 13.7. The van der Waals surface area contributed by atoms with Gasteiger partial charge in [-0.3, -0.25) is 0 Å². The Hall–Kier alpha value is -1.13. The highest BCUT2D eigenvalue weighted by molar-refractivity contribution is 5.55. The molecule has 1 atom stereocenters. The minimum absolute atomic E-state index is 0.0868. The summed E-state index contributed by atoms with van der Waals surface area (Å²) in [6.07, 6.45) is 2.56. The normalized spacial score (nSPS) is 18.2. The molecule has 0 aromatic heterocycles. The van der Waals surface area contributed by atoms with Crippen LogP contribution in [-0.4, -0.2) is 32.3 Å². The Labute approximate surface area is 114 Å². The van der Waals surface area contributed by atoms with Crippen LogP contribution < -0.4 is 10.6 Å². The molecule has 0 saturated carbocycles. The molecule has 2 rings (SSSR count). The Morgan fingerprint density at radius 2 is 2.21 bits per heavy atom. The molecule has 1 aromatic rings. The van der Waals surface area contributed by atoms with E-state index in [1.807, 2.05) is 6.07 Å². The number of halogens is 1. The number of rotatable bonds is 4. The summed E-state index contributed by atoms with van der Waals surface area (Å²) in [4.78, 5) is 2.10. The number of hydrogen-bond acceptors (Lipinski definition) is 3. The molecule has 2 N–H and O–H groups in total. The van der Waals surface area contributed by atoms with Crippen LogP contribution in [-0.2, 0) is 11.2 Å². The summed E-state index contributed by atoms with van der Waals surface area (Å²) >= 11 is 0. The lowest BCUT2D eigenvalue weighted by molar-refractivity contribution is 0.152. The second kappa shape index (κ2) is 6.87. The zero-order valence-electron chi connectivity index (χ0n) is 11.6. The molecular weight excluding hydrogens is 243 g/mol. The van der Waals surface area contributed by atoms with Crippen LogP contribution in [0.5, 0.6) is 0 Å². The van der Waals surface area contributed by atoms with Crippen LogP contribution in [0.3, 0.4) is 0 Å². The van der Waals surface area contributed by atoms with Gasteiger partial charge in [0, 0.05) is 25.7 Å². The molecule has 0 aliphatic carbocycles. The van der Waals surface area contributed by atoms with Gasteiger partial charge < -0.3 is 15.4 Å². The maximum absolute atomic E-state index is 14.2. The summed E-state index contributed by atoms with van der Waals surface area (Å²) < 4.78 is 19.6. The largest absolute Gasteiger partial charge is 0.380 e. The first-order valence-corrected chi connectivity index (χ1v) is 7.08. The Bertz CT molecular complexity index is 403. The summed E-state index contributed by atoms with van der Waals surface area (Å²) in [6.45, 7) is 5.07. The third-order valence-corrected chi connectivity index (χ3v) is 3.62. The summed E-state index contributed by atoms with van der Waals surface area (Å²) in [5.41, 5.74) is 7.75. The van der Waals surface area contributed by atoms with E-state index in [1.165, 1.54) is 6.07 Å². The van der Waals surface area contributed by atoms with E-state index in [9.17, 15) is 4.39 Å². The molecule has 1 unspecified atom stereocenters. The van der Waals surface area contributed by atoms with Crippen molar-refractivity contribution in [2.45, 2.75) is 32.2 Å². The zero-order valence-corrected chi connectivity index (χ0v) is 11.6. The molecule has 1 aliphatic rings. The Morgan fingerprint density at radius 1 is 1.37 bits per heavy atom. The lowest BCUT2D eigenvalue weighted by Gasteiger charge is -2.26.